The summed E-state index contributed by atoms with van der Waals surface area (Å²) in [5.74, 6) is 0.332. The lowest BCUT2D eigenvalue weighted by molar-refractivity contribution is 0.104. The molecule has 1 saturated heterocycles. The Hall–Kier alpha value is -1.10. The van der Waals surface area contributed by atoms with E-state index in [4.69, 9.17) is 5.73 Å². The molecule has 4 nitrogen and oxygen atoms in total. The summed E-state index contributed by atoms with van der Waals surface area (Å²) in [6, 6.07) is 7.38. The highest BCUT2D eigenvalue weighted by molar-refractivity contribution is 5.41. The molecular weight excluding hydrogens is 228 g/mol. The Morgan fingerprint density at radius 2 is 2.22 bits per heavy atom. The minimum atomic E-state index is -0.513. The van der Waals surface area contributed by atoms with E-state index < -0.39 is 6.10 Å². The van der Waals surface area contributed by atoms with Crippen LogP contribution in [0.25, 0.3) is 0 Å². The summed E-state index contributed by atoms with van der Waals surface area (Å²) in [5.41, 5.74) is 7.24. The number of hydrogen-bond donors (Lipinski definition) is 3. The fourth-order valence-corrected chi connectivity index (χ4v) is 2.54. The van der Waals surface area contributed by atoms with E-state index in [1.54, 1.807) is 0 Å². The monoisotopic (exact) mass is 250 g/mol. The van der Waals surface area contributed by atoms with Gasteiger partial charge in [0.2, 0.25) is 0 Å². The Labute approximate surface area is 108 Å². The number of nitrogens with two attached hydrogens (primary N) is 1. The van der Waals surface area contributed by atoms with Crippen LogP contribution >= 0.6 is 0 Å². The number of nitrogens with zero attached hydrogens (tertiary/aromatic N) is 1. The van der Waals surface area contributed by atoms with Crippen molar-refractivity contribution in [2.24, 2.45) is 5.92 Å². The van der Waals surface area contributed by atoms with Gasteiger partial charge in [0.1, 0.15) is 0 Å². The SMILES string of the molecule is CC(O)C1CCN(CC(O)c2cccc(N)c2)C1. The summed E-state index contributed by atoms with van der Waals surface area (Å²) in [4.78, 5) is 2.20. The highest BCUT2D eigenvalue weighted by atomic mass is 16.3. The quantitative estimate of drug-likeness (QED) is 0.697. The maximum Gasteiger partial charge on any atom is 0.0917 e. The van der Waals surface area contributed by atoms with Crippen molar-refractivity contribution in [1.29, 1.82) is 0 Å². The van der Waals surface area contributed by atoms with E-state index in [1.165, 1.54) is 0 Å². The Morgan fingerprint density at radius 3 is 2.83 bits per heavy atom. The maximum atomic E-state index is 10.2. The first-order valence-electron chi connectivity index (χ1n) is 6.50. The van der Waals surface area contributed by atoms with Crippen molar-refractivity contribution >= 4 is 5.69 Å². The molecule has 1 heterocycles. The molecule has 0 radical (unpaired) electrons. The molecule has 0 aliphatic carbocycles. The number of rotatable bonds is 4. The average Bonchev–Trinajstić information content (AvgIpc) is 2.77. The summed E-state index contributed by atoms with van der Waals surface area (Å²) in [6.07, 6.45) is 0.224. The topological polar surface area (TPSA) is 69.7 Å². The summed E-state index contributed by atoms with van der Waals surface area (Å²) in [6.45, 7) is 4.24. The number of aliphatic hydroxyl groups excluding tert-OH is 2. The highest BCUT2D eigenvalue weighted by Gasteiger charge is 2.27. The number of β-amino-alcohol motifs (C(OH)–C–C–N with tert-alkyl or cyclic N) is 1. The lowest BCUT2D eigenvalue weighted by atomic mass is 10.0. The normalized spacial score (nSPS) is 24.1. The van der Waals surface area contributed by atoms with E-state index in [0.717, 1.165) is 25.1 Å². The van der Waals surface area contributed by atoms with Crippen LogP contribution in [-0.4, -0.2) is 40.9 Å². The van der Waals surface area contributed by atoms with E-state index in [2.05, 4.69) is 4.90 Å². The van der Waals surface area contributed by atoms with E-state index in [1.807, 2.05) is 31.2 Å². The molecule has 3 atom stereocenters. The Morgan fingerprint density at radius 1 is 1.44 bits per heavy atom. The van der Waals surface area contributed by atoms with Gasteiger partial charge in [-0.2, -0.15) is 0 Å². The number of hydrogen-bond acceptors (Lipinski definition) is 4. The third kappa shape index (κ3) is 3.22. The molecule has 4 N–H and O–H groups in total. The van der Waals surface area contributed by atoms with Crippen LogP contribution in [0.4, 0.5) is 5.69 Å². The molecule has 1 fully saturated rings. The second kappa shape index (κ2) is 5.69. The molecule has 3 unspecified atom stereocenters. The van der Waals surface area contributed by atoms with Gasteiger partial charge in [-0.15, -0.1) is 0 Å². The van der Waals surface area contributed by atoms with Crippen LogP contribution in [0, 0.1) is 5.92 Å². The van der Waals surface area contributed by atoms with Gasteiger partial charge in [-0.05, 0) is 43.5 Å². The van der Waals surface area contributed by atoms with Gasteiger partial charge in [0.25, 0.3) is 0 Å². The second-order valence-corrected chi connectivity index (χ2v) is 5.23. The van der Waals surface area contributed by atoms with Gasteiger partial charge in [0.15, 0.2) is 0 Å². The minimum Gasteiger partial charge on any atom is -0.399 e. The van der Waals surface area contributed by atoms with Gasteiger partial charge in [0, 0.05) is 18.8 Å². The van der Waals surface area contributed by atoms with Gasteiger partial charge in [0.05, 0.1) is 12.2 Å². The van der Waals surface area contributed by atoms with Crippen molar-refractivity contribution in [2.75, 3.05) is 25.4 Å². The van der Waals surface area contributed by atoms with Crippen molar-refractivity contribution in [3.05, 3.63) is 29.8 Å². The third-order valence-electron chi connectivity index (χ3n) is 3.72. The smallest absolute Gasteiger partial charge is 0.0917 e. The van der Waals surface area contributed by atoms with E-state index in [-0.39, 0.29) is 6.10 Å². The maximum absolute atomic E-state index is 10.2. The van der Waals surface area contributed by atoms with Crippen LogP contribution < -0.4 is 5.73 Å². The highest BCUT2D eigenvalue weighted by Crippen LogP contribution is 2.23. The van der Waals surface area contributed by atoms with Crippen LogP contribution in [-0.2, 0) is 0 Å². The molecule has 1 aliphatic heterocycles. The first-order valence-corrected chi connectivity index (χ1v) is 6.50. The zero-order valence-electron chi connectivity index (χ0n) is 10.8. The molecule has 1 aliphatic rings. The molecule has 0 aromatic heterocycles. The molecule has 18 heavy (non-hydrogen) atoms. The largest absolute Gasteiger partial charge is 0.399 e. The number of likely N-dealkylation sites (tertiary alicyclic amines) is 1. The van der Waals surface area contributed by atoms with Crippen LogP contribution in [0.2, 0.25) is 0 Å². The Bertz CT molecular complexity index is 395. The number of benzene rings is 1. The lowest BCUT2D eigenvalue weighted by Gasteiger charge is -2.21. The molecule has 2 rings (SSSR count). The molecule has 0 spiro atoms. The van der Waals surface area contributed by atoms with Crippen LogP contribution in [0.3, 0.4) is 0 Å². The van der Waals surface area contributed by atoms with Gasteiger partial charge in [-0.1, -0.05) is 12.1 Å². The molecule has 1 aromatic carbocycles. The molecule has 1 aromatic rings. The molecular formula is C14H22N2O2. The standard InChI is InChI=1S/C14H22N2O2/c1-10(17)12-5-6-16(8-12)9-14(18)11-3-2-4-13(15)7-11/h2-4,7,10,12,14,17-18H,5-6,8-9,15H2,1H3. The summed E-state index contributed by atoms with van der Waals surface area (Å²) < 4.78 is 0. The molecule has 0 saturated carbocycles. The van der Waals surface area contributed by atoms with Crippen LogP contribution in [0.1, 0.15) is 25.0 Å². The van der Waals surface area contributed by atoms with Crippen LogP contribution in [0.15, 0.2) is 24.3 Å². The van der Waals surface area contributed by atoms with Crippen molar-refractivity contribution in [3.63, 3.8) is 0 Å². The van der Waals surface area contributed by atoms with Gasteiger partial charge in [-0.25, -0.2) is 0 Å². The zero-order chi connectivity index (χ0) is 13.1. The average molecular weight is 250 g/mol. The summed E-state index contributed by atoms with van der Waals surface area (Å²) in [5, 5.41) is 19.7. The van der Waals surface area contributed by atoms with E-state index in [9.17, 15) is 10.2 Å². The predicted molar refractivity (Wildman–Crippen MR) is 72.0 cm³/mol. The minimum absolute atomic E-state index is 0.264. The number of aliphatic hydroxyl groups is 2. The zero-order valence-corrected chi connectivity index (χ0v) is 10.8. The number of nitrogen functional groups attached to an aromatic ring is 1. The molecule has 100 valence electrons. The fraction of sp³-hybridized carbons (Fsp3) is 0.571. The summed E-state index contributed by atoms with van der Waals surface area (Å²) >= 11 is 0. The first kappa shape index (κ1) is 13.3. The van der Waals surface area contributed by atoms with E-state index in [0.29, 0.717) is 18.2 Å². The Balaban J connectivity index is 1.90. The molecule has 0 bridgehead atoms. The third-order valence-corrected chi connectivity index (χ3v) is 3.72. The van der Waals surface area contributed by atoms with Gasteiger partial charge >= 0.3 is 0 Å². The first-order chi connectivity index (χ1) is 8.56. The van der Waals surface area contributed by atoms with Crippen molar-refractivity contribution in [2.45, 2.75) is 25.6 Å². The van der Waals surface area contributed by atoms with Crippen molar-refractivity contribution in [1.82, 2.24) is 4.90 Å². The predicted octanol–water partition coefficient (Wildman–Crippen LogP) is 1.00. The molecule has 4 heteroatoms. The van der Waals surface area contributed by atoms with E-state index >= 15 is 0 Å². The lowest BCUT2D eigenvalue weighted by Crippen LogP contribution is -2.28. The van der Waals surface area contributed by atoms with Crippen molar-refractivity contribution < 1.29 is 10.2 Å². The Kier molecular flexibility index (Phi) is 4.22. The summed E-state index contributed by atoms with van der Waals surface area (Å²) in [7, 11) is 0. The number of anilines is 1. The van der Waals surface area contributed by atoms with Crippen LogP contribution in [0.5, 0.6) is 0 Å². The van der Waals surface area contributed by atoms with Crippen molar-refractivity contribution in [3.8, 4) is 0 Å². The second-order valence-electron chi connectivity index (χ2n) is 5.23. The van der Waals surface area contributed by atoms with Gasteiger partial charge < -0.3 is 20.8 Å². The fourth-order valence-electron chi connectivity index (χ4n) is 2.54. The van der Waals surface area contributed by atoms with Gasteiger partial charge in [-0.3, -0.25) is 0 Å². The molecule has 0 amide bonds.